The molecule has 9 aromatic rings. The molecule has 0 spiro atoms. The number of nitrogens with one attached hydrogen (secondary N) is 2. The third-order valence-corrected chi connectivity index (χ3v) is 13.2. The van der Waals surface area contributed by atoms with E-state index in [9.17, 15) is 35.6 Å². The van der Waals surface area contributed by atoms with Crippen molar-refractivity contribution >= 4 is 73.2 Å². The van der Waals surface area contributed by atoms with Gasteiger partial charge in [-0.15, -0.1) is 11.6 Å². The fourth-order valence-corrected chi connectivity index (χ4v) is 9.56. The van der Waals surface area contributed by atoms with Crippen LogP contribution in [-0.4, -0.2) is 69.5 Å². The van der Waals surface area contributed by atoms with Crippen LogP contribution < -0.4 is 35.3 Å². The Morgan fingerprint density at radius 1 is 0.645 bits per heavy atom. The lowest BCUT2D eigenvalue weighted by molar-refractivity contribution is -0.118. The average molecular weight is 1040 g/mol. The highest BCUT2D eigenvalue weighted by Crippen LogP contribution is 2.41. The first kappa shape index (κ1) is 52.6. The van der Waals surface area contributed by atoms with Gasteiger partial charge in [0, 0.05) is 70.7 Å². The molecule has 0 aliphatic carbocycles. The zero-order valence-electron chi connectivity index (χ0n) is 42.4. The lowest BCUT2D eigenvalue weighted by Crippen LogP contribution is -2.25. The van der Waals surface area contributed by atoms with Crippen molar-refractivity contribution in [1.29, 1.82) is 15.8 Å². The molecule has 76 heavy (non-hydrogen) atoms. The van der Waals surface area contributed by atoms with E-state index in [1.165, 1.54) is 6.07 Å². The second kappa shape index (κ2) is 22.6. The van der Waals surface area contributed by atoms with Gasteiger partial charge in [-0.1, -0.05) is 0 Å². The molecule has 1 aliphatic heterocycles. The van der Waals surface area contributed by atoms with E-state index < -0.39 is 5.91 Å². The van der Waals surface area contributed by atoms with E-state index in [1.54, 1.807) is 51.7 Å². The Kier molecular flexibility index (Phi) is 15.6. The zero-order chi connectivity index (χ0) is 54.4. The zero-order valence-corrected chi connectivity index (χ0v) is 43.2. The molecule has 6 N–H and O–H groups in total. The number of aromatic hydroxyl groups is 2. The van der Waals surface area contributed by atoms with Crippen molar-refractivity contribution in [3.8, 4) is 86.5 Å². The van der Waals surface area contributed by atoms with E-state index in [0.29, 0.717) is 64.8 Å². The number of nitrogen functional groups attached to an aromatic ring is 1. The number of halogens is 1. The number of hydrogen-bond acceptors (Lipinski definition) is 12. The summed E-state index contributed by atoms with van der Waals surface area (Å²) in [7, 11) is 4.84. The first-order chi connectivity index (χ1) is 36.8. The summed E-state index contributed by atoms with van der Waals surface area (Å²) in [4.78, 5) is 23.2. The Morgan fingerprint density at radius 2 is 1.07 bits per heavy atom. The number of nitrogens with zero attached hydrogens (tertiary/aromatic N) is 6. The van der Waals surface area contributed by atoms with Gasteiger partial charge < -0.3 is 59.2 Å². The van der Waals surface area contributed by atoms with Crippen molar-refractivity contribution in [2.75, 3.05) is 50.2 Å². The summed E-state index contributed by atoms with van der Waals surface area (Å²) < 4.78 is 27.5. The maximum Gasteiger partial charge on any atom is 0.262 e. The van der Waals surface area contributed by atoms with E-state index in [1.807, 2.05) is 98.1 Å². The number of carbonyl (C=O) groups is 2. The van der Waals surface area contributed by atoms with Crippen LogP contribution in [0.5, 0.6) is 34.5 Å². The minimum atomic E-state index is -0.426. The number of ether oxygens (including phenoxy) is 4. The number of fused-ring (bicyclic) bond motifs is 4. The second-order valence-corrected chi connectivity index (χ2v) is 17.4. The van der Waals surface area contributed by atoms with Gasteiger partial charge in [-0.25, -0.2) is 0 Å². The SMILES string of the molecule is CCn1c(-c2ccc(O)c(N)c2)c(C#N)c2ccc(OC)cc21.CCn1c(-c2ccc(O)c(NC(=O)CCl)c2)c(C#N)c2ccc(OC)cc21.CCn1c(-c2ccc3c(c2)NC(=O)CO3)c(C#N)c2ccc(OC)cc21. The molecule has 384 valence electrons. The van der Waals surface area contributed by atoms with E-state index in [0.717, 1.165) is 66.7 Å². The molecule has 3 aromatic heterocycles. The number of amides is 2. The Balaban J connectivity index is 0.000000152. The van der Waals surface area contributed by atoms with Crippen LogP contribution in [0.15, 0.2) is 109 Å². The predicted molar refractivity (Wildman–Crippen MR) is 294 cm³/mol. The van der Waals surface area contributed by atoms with Crippen LogP contribution in [0.4, 0.5) is 17.1 Å². The summed E-state index contributed by atoms with van der Waals surface area (Å²) in [6, 6.07) is 39.3. The number of hydrogen-bond donors (Lipinski definition) is 5. The molecular weight excluding hydrogens is 986 g/mol. The fraction of sp³-hybridized carbons (Fsp3) is 0.190. The summed E-state index contributed by atoms with van der Waals surface area (Å²) in [5, 5.41) is 56.9. The third-order valence-electron chi connectivity index (χ3n) is 13.0. The Morgan fingerprint density at radius 3 is 1.47 bits per heavy atom. The number of rotatable bonds is 11. The van der Waals surface area contributed by atoms with E-state index in [4.69, 9.17) is 36.3 Å². The number of nitrogens with two attached hydrogens (primary N) is 1. The van der Waals surface area contributed by atoms with Crippen LogP contribution in [0.1, 0.15) is 37.5 Å². The molecule has 0 bridgehead atoms. The largest absolute Gasteiger partial charge is 0.506 e. The van der Waals surface area contributed by atoms with Gasteiger partial charge >= 0.3 is 0 Å². The van der Waals surface area contributed by atoms with E-state index >= 15 is 0 Å². The number of phenols is 2. The predicted octanol–water partition coefficient (Wildman–Crippen LogP) is 11.1. The van der Waals surface area contributed by atoms with Crippen molar-refractivity contribution < 1.29 is 38.7 Å². The van der Waals surface area contributed by atoms with Gasteiger partial charge in [-0.05, 0) is 112 Å². The Labute approximate surface area is 442 Å². The standard InChI is InChI=1S/C20H18ClN3O3.C20H17N3O3.C18H17N3O2/c1-3-24-17-9-13(27-2)5-6-14(17)15(11-22)20(24)12-4-7-18(25)16(8-12)23-19(26)10-21;1-3-23-17-9-13(25-2)5-6-14(17)15(10-21)20(23)12-4-7-18-16(8-12)22-19(24)11-26-18;1-3-21-16-9-12(23-2)5-6-13(16)14(10-19)18(21)11-4-7-17(22)15(20)8-11/h4-9,25H,3,10H2,1-2H3,(H,23,26);4-9H,3,11H2,1-2H3,(H,22,24);4-9,22H,3,20H2,1-2H3. The fourth-order valence-electron chi connectivity index (χ4n) is 9.49. The number of benzene rings is 6. The maximum atomic E-state index is 11.6. The summed E-state index contributed by atoms with van der Waals surface area (Å²) in [5.74, 6) is 1.95. The van der Waals surface area contributed by atoms with Crippen LogP contribution in [-0.2, 0) is 29.2 Å². The highest BCUT2D eigenvalue weighted by atomic mass is 35.5. The Bertz CT molecular complexity index is 3870. The van der Waals surface area contributed by atoms with Crippen LogP contribution in [0, 0.1) is 34.0 Å². The van der Waals surface area contributed by atoms with Crippen molar-refractivity contribution in [2.24, 2.45) is 0 Å². The smallest absolute Gasteiger partial charge is 0.262 e. The minimum Gasteiger partial charge on any atom is -0.506 e. The van der Waals surface area contributed by atoms with Crippen LogP contribution in [0.3, 0.4) is 0 Å². The first-order valence-electron chi connectivity index (χ1n) is 24.0. The maximum absolute atomic E-state index is 11.6. The number of nitriles is 3. The summed E-state index contributed by atoms with van der Waals surface area (Å²) in [6.07, 6.45) is 0. The Hall–Kier alpha value is -9.76. The van der Waals surface area contributed by atoms with Crippen molar-refractivity contribution in [2.45, 2.75) is 40.4 Å². The summed E-state index contributed by atoms with van der Waals surface area (Å²) >= 11 is 5.54. The van der Waals surface area contributed by atoms with Crippen LogP contribution in [0.2, 0.25) is 0 Å². The van der Waals surface area contributed by atoms with Crippen molar-refractivity contribution in [1.82, 2.24) is 13.7 Å². The number of alkyl halides is 1. The van der Waals surface area contributed by atoms with Crippen LogP contribution >= 0.6 is 11.6 Å². The molecule has 0 saturated carbocycles. The normalized spacial score (nSPS) is 11.4. The molecule has 0 atom stereocenters. The van der Waals surface area contributed by atoms with Gasteiger partial charge in [-0.2, -0.15) is 15.8 Å². The molecule has 4 heterocycles. The molecular formula is C58H52ClN9O8. The molecule has 2 amide bonds. The molecule has 0 unspecified atom stereocenters. The molecule has 1 aliphatic rings. The van der Waals surface area contributed by atoms with Gasteiger partial charge in [0.1, 0.15) is 58.6 Å². The molecule has 0 saturated heterocycles. The topological polar surface area (TPSA) is 248 Å². The highest BCUT2D eigenvalue weighted by molar-refractivity contribution is 6.29. The minimum absolute atomic E-state index is 0.0187. The summed E-state index contributed by atoms with van der Waals surface area (Å²) in [5.41, 5.74) is 16.1. The van der Waals surface area contributed by atoms with E-state index in [2.05, 4.69) is 38.0 Å². The quantitative estimate of drug-likeness (QED) is 0.0461. The van der Waals surface area contributed by atoms with E-state index in [-0.39, 0.29) is 41.3 Å². The molecule has 10 rings (SSSR count). The number of phenolic OH excluding ortho intramolecular Hbond substituents is 2. The molecule has 6 aromatic carbocycles. The first-order valence-corrected chi connectivity index (χ1v) is 24.5. The number of carbonyl (C=O) groups excluding carboxylic acids is 2. The van der Waals surface area contributed by atoms with Gasteiger partial charge in [-0.3, -0.25) is 9.59 Å². The molecule has 17 nitrogen and oxygen atoms in total. The lowest BCUT2D eigenvalue weighted by atomic mass is 10.0. The monoisotopic (exact) mass is 1040 g/mol. The molecule has 0 radical (unpaired) electrons. The third kappa shape index (κ3) is 9.88. The van der Waals surface area contributed by atoms with Gasteiger partial charge in [0.2, 0.25) is 5.91 Å². The van der Waals surface area contributed by atoms with Crippen molar-refractivity contribution in [3.63, 3.8) is 0 Å². The second-order valence-electron chi connectivity index (χ2n) is 17.1. The highest BCUT2D eigenvalue weighted by Gasteiger charge is 2.24. The number of anilines is 3. The van der Waals surface area contributed by atoms with Crippen LogP contribution in [0.25, 0.3) is 66.5 Å². The molecule has 0 fully saturated rings. The lowest BCUT2D eigenvalue weighted by Gasteiger charge is -2.19. The number of aromatic nitrogens is 3. The van der Waals surface area contributed by atoms with Gasteiger partial charge in [0.25, 0.3) is 5.91 Å². The average Bonchev–Trinajstić information content (AvgIpc) is 4.18. The molecule has 18 heteroatoms. The number of methoxy groups -OCH3 is 3. The summed E-state index contributed by atoms with van der Waals surface area (Å²) in [6.45, 7) is 8.08. The van der Waals surface area contributed by atoms with Crippen molar-refractivity contribution in [3.05, 3.63) is 126 Å². The van der Waals surface area contributed by atoms with Gasteiger partial charge in [0.05, 0.1) is 88.7 Å². The van der Waals surface area contributed by atoms with Gasteiger partial charge in [0.15, 0.2) is 6.61 Å². The number of aryl methyl sites for hydroxylation is 3.